The van der Waals surface area contributed by atoms with Crippen molar-refractivity contribution in [3.05, 3.63) is 71.3 Å². The van der Waals surface area contributed by atoms with Crippen LogP contribution in [0.1, 0.15) is 51.5 Å². The molecule has 0 unspecified atom stereocenters. The maximum Gasteiger partial charge on any atom is 0.341 e. The van der Waals surface area contributed by atoms with Gasteiger partial charge in [0.1, 0.15) is 0 Å². The monoisotopic (exact) mass is 469 g/mol. The van der Waals surface area contributed by atoms with E-state index in [1.807, 2.05) is 24.3 Å². The Bertz CT molecular complexity index is 1290. The number of ether oxygens (including phenoxy) is 2. The molecule has 1 heterocycles. The number of cyclic esters (lactones) is 1. The summed E-state index contributed by atoms with van der Waals surface area (Å²) >= 11 is 0. The molecule has 0 N–H and O–H groups in total. The second kappa shape index (κ2) is 10.0. The van der Waals surface area contributed by atoms with Crippen molar-refractivity contribution in [2.75, 3.05) is 6.61 Å². The lowest BCUT2D eigenvalue weighted by Crippen LogP contribution is -2.19. The Hall–Kier alpha value is -3.47. The van der Waals surface area contributed by atoms with Crippen molar-refractivity contribution in [1.82, 2.24) is 0 Å². The molecule has 0 spiro atoms. The van der Waals surface area contributed by atoms with Gasteiger partial charge in [-0.2, -0.15) is 0 Å². The maximum absolute atomic E-state index is 13.2. The van der Waals surface area contributed by atoms with Crippen LogP contribution in [-0.4, -0.2) is 30.5 Å². The van der Waals surface area contributed by atoms with Crippen molar-refractivity contribution in [3.8, 4) is 0 Å². The van der Waals surface area contributed by atoms with E-state index in [-0.39, 0.29) is 25.0 Å². The van der Waals surface area contributed by atoms with Gasteiger partial charge in [0.05, 0.1) is 24.6 Å². The van der Waals surface area contributed by atoms with E-state index in [4.69, 9.17) is 14.5 Å². The van der Waals surface area contributed by atoms with Crippen LogP contribution in [0.5, 0.6) is 0 Å². The van der Waals surface area contributed by atoms with Gasteiger partial charge in [-0.25, -0.2) is 9.79 Å². The smallest absolute Gasteiger partial charge is 0.341 e. The molecule has 5 nitrogen and oxygen atoms in total. The van der Waals surface area contributed by atoms with Crippen LogP contribution in [0, 0.1) is 5.92 Å². The fraction of sp³-hybridized carbons (Fsp3) is 0.367. The van der Waals surface area contributed by atoms with Crippen molar-refractivity contribution in [2.45, 2.75) is 58.4 Å². The van der Waals surface area contributed by atoms with E-state index >= 15 is 0 Å². The van der Waals surface area contributed by atoms with E-state index in [1.165, 1.54) is 0 Å². The van der Waals surface area contributed by atoms with Crippen LogP contribution in [0.4, 0.5) is 0 Å². The summed E-state index contributed by atoms with van der Waals surface area (Å²) < 4.78 is 11.0. The van der Waals surface area contributed by atoms with Crippen molar-refractivity contribution < 1.29 is 19.1 Å². The molecule has 3 aromatic rings. The Morgan fingerprint density at radius 1 is 0.971 bits per heavy atom. The first-order chi connectivity index (χ1) is 17.0. The van der Waals surface area contributed by atoms with E-state index in [0.29, 0.717) is 29.4 Å². The molecule has 35 heavy (non-hydrogen) atoms. The van der Waals surface area contributed by atoms with Gasteiger partial charge in [0, 0.05) is 12.0 Å². The number of hydrogen-bond acceptors (Lipinski definition) is 5. The van der Waals surface area contributed by atoms with Crippen molar-refractivity contribution in [2.24, 2.45) is 10.9 Å². The first-order valence-electron chi connectivity index (χ1n) is 12.6. The highest BCUT2D eigenvalue weighted by molar-refractivity contribution is 6.17. The molecule has 0 saturated heterocycles. The minimum Gasteiger partial charge on any atom is -0.466 e. The second-order valence-electron chi connectivity index (χ2n) is 9.65. The van der Waals surface area contributed by atoms with E-state index in [9.17, 15) is 9.59 Å². The minimum absolute atomic E-state index is 0.0143. The summed E-state index contributed by atoms with van der Waals surface area (Å²) in [6.07, 6.45) is 4.52. The molecule has 1 fully saturated rings. The van der Waals surface area contributed by atoms with Gasteiger partial charge in [-0.05, 0) is 71.7 Å². The topological polar surface area (TPSA) is 65.0 Å². The molecular weight excluding hydrogens is 438 g/mol. The number of fused-ring (bicyclic) bond motifs is 2. The SMILES string of the molecule is CCOC(=O)CC1=C(Cc2c3ccccc3cc3ccccc23)C(=O)O/C1=N\C1CCC(C)CC1. The zero-order chi connectivity index (χ0) is 24.4. The van der Waals surface area contributed by atoms with Gasteiger partial charge in [0.25, 0.3) is 0 Å². The number of aliphatic imine (C=N–C) groups is 1. The summed E-state index contributed by atoms with van der Waals surface area (Å²) in [6, 6.07) is 18.7. The number of carbonyl (C=O) groups is 2. The first-order valence-corrected chi connectivity index (χ1v) is 12.6. The molecule has 3 aromatic carbocycles. The fourth-order valence-electron chi connectivity index (χ4n) is 5.30. The lowest BCUT2D eigenvalue weighted by atomic mass is 9.87. The molecule has 0 radical (unpaired) electrons. The Morgan fingerprint density at radius 3 is 2.23 bits per heavy atom. The van der Waals surface area contributed by atoms with E-state index < -0.39 is 5.97 Å². The van der Waals surface area contributed by atoms with Gasteiger partial charge in [-0.1, -0.05) is 55.5 Å². The minimum atomic E-state index is -0.413. The van der Waals surface area contributed by atoms with Crippen LogP contribution in [0.25, 0.3) is 21.5 Å². The Kier molecular flexibility index (Phi) is 6.67. The third-order valence-corrected chi connectivity index (χ3v) is 7.21. The number of benzene rings is 3. The van der Waals surface area contributed by atoms with Gasteiger partial charge in [0.15, 0.2) is 0 Å². The summed E-state index contributed by atoms with van der Waals surface area (Å²) in [5.41, 5.74) is 2.13. The van der Waals surface area contributed by atoms with Crippen LogP contribution in [-0.2, 0) is 25.5 Å². The Morgan fingerprint density at radius 2 is 1.60 bits per heavy atom. The molecule has 5 heteroatoms. The molecule has 0 amide bonds. The van der Waals surface area contributed by atoms with Crippen LogP contribution < -0.4 is 0 Å². The van der Waals surface area contributed by atoms with Crippen LogP contribution in [0.3, 0.4) is 0 Å². The predicted octanol–water partition coefficient (Wildman–Crippen LogP) is 6.32. The second-order valence-corrected chi connectivity index (χ2v) is 9.65. The zero-order valence-electron chi connectivity index (χ0n) is 20.4. The van der Waals surface area contributed by atoms with E-state index in [2.05, 4.69) is 37.3 Å². The molecule has 0 atom stereocenters. The third-order valence-electron chi connectivity index (χ3n) is 7.21. The van der Waals surface area contributed by atoms with Gasteiger partial charge >= 0.3 is 11.9 Å². The number of hydrogen-bond donors (Lipinski definition) is 0. The highest BCUT2D eigenvalue weighted by Crippen LogP contribution is 2.34. The zero-order valence-corrected chi connectivity index (χ0v) is 20.4. The van der Waals surface area contributed by atoms with Crippen molar-refractivity contribution >= 4 is 39.4 Å². The molecule has 1 aliphatic carbocycles. The summed E-state index contributed by atoms with van der Waals surface area (Å²) in [5.74, 6) is 0.222. The molecule has 180 valence electrons. The predicted molar refractivity (Wildman–Crippen MR) is 138 cm³/mol. The number of carbonyl (C=O) groups excluding carboxylic acids is 2. The van der Waals surface area contributed by atoms with Gasteiger partial charge in [-0.3, -0.25) is 4.79 Å². The molecule has 1 saturated carbocycles. The highest BCUT2D eigenvalue weighted by atomic mass is 16.6. The number of esters is 2. The first kappa shape index (κ1) is 23.3. The molecule has 2 aliphatic rings. The van der Waals surface area contributed by atoms with Crippen LogP contribution in [0.2, 0.25) is 0 Å². The van der Waals surface area contributed by atoms with Crippen LogP contribution >= 0.6 is 0 Å². The molecule has 0 bridgehead atoms. The van der Waals surface area contributed by atoms with Crippen molar-refractivity contribution in [1.29, 1.82) is 0 Å². The largest absolute Gasteiger partial charge is 0.466 e. The van der Waals surface area contributed by atoms with Gasteiger partial charge < -0.3 is 9.47 Å². The third kappa shape index (κ3) is 4.86. The summed E-state index contributed by atoms with van der Waals surface area (Å²) in [6.45, 7) is 4.33. The molecular formula is C30H31NO4. The van der Waals surface area contributed by atoms with Crippen molar-refractivity contribution in [3.63, 3.8) is 0 Å². The molecule has 0 aromatic heterocycles. The summed E-state index contributed by atoms with van der Waals surface area (Å²) in [5, 5.41) is 4.41. The summed E-state index contributed by atoms with van der Waals surface area (Å²) in [7, 11) is 0. The summed E-state index contributed by atoms with van der Waals surface area (Å²) in [4.78, 5) is 30.6. The average molecular weight is 470 g/mol. The maximum atomic E-state index is 13.2. The number of nitrogens with zero attached hydrogens (tertiary/aromatic N) is 1. The van der Waals surface area contributed by atoms with Gasteiger partial charge in [-0.15, -0.1) is 0 Å². The normalized spacial score (nSPS) is 21.7. The lowest BCUT2D eigenvalue weighted by molar-refractivity contribution is -0.142. The molecule has 1 aliphatic heterocycles. The number of rotatable bonds is 6. The van der Waals surface area contributed by atoms with E-state index in [0.717, 1.165) is 52.8 Å². The highest BCUT2D eigenvalue weighted by Gasteiger charge is 2.34. The van der Waals surface area contributed by atoms with Gasteiger partial charge in [0.2, 0.25) is 5.90 Å². The van der Waals surface area contributed by atoms with Crippen LogP contribution in [0.15, 0.2) is 70.7 Å². The fourth-order valence-corrected chi connectivity index (χ4v) is 5.30. The quantitative estimate of drug-likeness (QED) is 0.313. The average Bonchev–Trinajstić information content (AvgIpc) is 3.14. The Balaban J connectivity index is 1.60. The lowest BCUT2D eigenvalue weighted by Gasteiger charge is -2.23. The van der Waals surface area contributed by atoms with E-state index in [1.54, 1.807) is 6.92 Å². The standard InChI is InChI=1S/C30H31NO4/c1-3-34-28(32)18-26-27(30(33)35-29(26)31-22-14-12-19(2)13-15-22)17-25-23-10-6-4-8-20(23)16-21-9-5-7-11-24(21)25/h4-11,16,19,22H,3,12-15,17-18H2,1-2H3/b31-29-. The molecule has 5 rings (SSSR count). The Labute approximate surface area is 205 Å².